The number of azide groups is 1. The summed E-state index contributed by atoms with van der Waals surface area (Å²) in [4.78, 5) is 2.74. The van der Waals surface area contributed by atoms with Crippen LogP contribution in [0.5, 0.6) is 0 Å². The summed E-state index contributed by atoms with van der Waals surface area (Å²) in [6, 6.07) is 0. The quantitative estimate of drug-likeness (QED) is 0.289. The van der Waals surface area contributed by atoms with Crippen molar-refractivity contribution in [1.82, 2.24) is 0 Å². The van der Waals surface area contributed by atoms with Crippen LogP contribution in [0, 0.1) is 5.92 Å². The molecule has 64 valence electrons. The van der Waals surface area contributed by atoms with Gasteiger partial charge in [0.25, 0.3) is 0 Å². The van der Waals surface area contributed by atoms with Crippen LogP contribution in [0.3, 0.4) is 0 Å². The lowest BCUT2D eigenvalue weighted by atomic mass is 10.1. The molecule has 0 radical (unpaired) electrons. The van der Waals surface area contributed by atoms with E-state index in [0.29, 0.717) is 17.7 Å². The van der Waals surface area contributed by atoms with Gasteiger partial charge in [0.1, 0.15) is 0 Å². The topological polar surface area (TPSA) is 48.8 Å². The molecule has 0 rings (SSSR count). The lowest BCUT2D eigenvalue weighted by Crippen LogP contribution is -2.13. The van der Waals surface area contributed by atoms with Crippen molar-refractivity contribution in [1.29, 1.82) is 0 Å². The molecule has 0 saturated carbocycles. The third-order valence-corrected chi connectivity index (χ3v) is 3.74. The molecular weight excluding hydrogens is 178 g/mol. The van der Waals surface area contributed by atoms with Crippen LogP contribution in [-0.4, -0.2) is 18.1 Å². The van der Waals surface area contributed by atoms with Crippen molar-refractivity contribution < 1.29 is 0 Å². The zero-order valence-corrected chi connectivity index (χ0v) is 8.65. The van der Waals surface area contributed by atoms with E-state index in [1.807, 2.05) is 6.26 Å². The molecule has 0 aromatic rings. The van der Waals surface area contributed by atoms with E-state index in [0.717, 1.165) is 0 Å². The minimum atomic E-state index is 0.445. The average molecular weight is 191 g/mol. The molecule has 0 aromatic heterocycles. The monoisotopic (exact) mass is 191 g/mol. The van der Waals surface area contributed by atoms with E-state index in [9.17, 15) is 0 Å². The molecule has 0 N–H and O–H groups in total. The van der Waals surface area contributed by atoms with Crippen LogP contribution >= 0.6 is 21.6 Å². The third kappa shape index (κ3) is 5.30. The van der Waals surface area contributed by atoms with Crippen molar-refractivity contribution in [2.45, 2.75) is 19.1 Å². The molecule has 0 spiro atoms. The molecule has 0 aliphatic heterocycles. The minimum Gasteiger partial charge on any atom is -0.0973 e. The Morgan fingerprint density at radius 1 is 1.55 bits per heavy atom. The Balaban J connectivity index is 3.78. The molecule has 0 aliphatic rings. The van der Waals surface area contributed by atoms with Gasteiger partial charge in [0, 0.05) is 16.7 Å². The summed E-state index contributed by atoms with van der Waals surface area (Å²) in [6.07, 6.45) is 2.04. The average Bonchev–Trinajstić information content (AvgIpc) is 1.97. The summed E-state index contributed by atoms with van der Waals surface area (Å²) in [6.45, 7) is 4.88. The molecule has 5 heteroatoms. The maximum Gasteiger partial charge on any atom is 0.0388 e. The Morgan fingerprint density at radius 2 is 2.18 bits per heavy atom. The van der Waals surface area contributed by atoms with Crippen molar-refractivity contribution >= 4 is 21.6 Å². The van der Waals surface area contributed by atoms with Crippen LogP contribution in [0.2, 0.25) is 0 Å². The van der Waals surface area contributed by atoms with Gasteiger partial charge in [-0.1, -0.05) is 40.5 Å². The highest BCUT2D eigenvalue weighted by Crippen LogP contribution is 2.28. The first-order chi connectivity index (χ1) is 5.22. The van der Waals surface area contributed by atoms with E-state index in [-0.39, 0.29) is 0 Å². The fourth-order valence-electron chi connectivity index (χ4n) is 0.593. The van der Waals surface area contributed by atoms with E-state index < -0.39 is 0 Å². The Bertz CT molecular complexity index is 143. The first kappa shape index (κ1) is 11.0. The molecule has 0 fully saturated rings. The minimum absolute atomic E-state index is 0.445. The SMILES string of the molecule is CSSC(CN=[N+]=[N-])C(C)C. The van der Waals surface area contributed by atoms with E-state index >= 15 is 0 Å². The van der Waals surface area contributed by atoms with Gasteiger partial charge in [-0.25, -0.2) is 0 Å². The molecule has 0 aliphatic carbocycles. The van der Waals surface area contributed by atoms with Gasteiger partial charge in [-0.2, -0.15) is 0 Å². The standard InChI is InChI=1S/C6H13N3S2/c1-5(2)6(11-10-3)4-8-9-7/h5-6H,4H2,1-3H3. The van der Waals surface area contributed by atoms with Crippen molar-refractivity contribution in [2.24, 2.45) is 11.0 Å². The van der Waals surface area contributed by atoms with E-state index in [1.165, 1.54) is 0 Å². The van der Waals surface area contributed by atoms with Crippen molar-refractivity contribution in [3.8, 4) is 0 Å². The van der Waals surface area contributed by atoms with Crippen LogP contribution in [0.1, 0.15) is 13.8 Å². The number of hydrogen-bond donors (Lipinski definition) is 0. The lowest BCUT2D eigenvalue weighted by Gasteiger charge is -2.15. The number of rotatable bonds is 5. The molecule has 0 saturated heterocycles. The van der Waals surface area contributed by atoms with Crippen LogP contribution < -0.4 is 0 Å². The largest absolute Gasteiger partial charge is 0.0973 e. The predicted molar refractivity (Wildman–Crippen MR) is 53.7 cm³/mol. The zero-order chi connectivity index (χ0) is 8.69. The fourth-order valence-corrected chi connectivity index (χ4v) is 2.78. The molecule has 1 atom stereocenters. The Kier molecular flexibility index (Phi) is 6.71. The fraction of sp³-hybridized carbons (Fsp3) is 1.00. The highest BCUT2D eigenvalue weighted by molar-refractivity contribution is 8.76. The smallest absolute Gasteiger partial charge is 0.0388 e. The number of hydrogen-bond acceptors (Lipinski definition) is 3. The predicted octanol–water partition coefficient (Wildman–Crippen LogP) is 3.33. The normalized spacial score (nSPS) is 12.7. The van der Waals surface area contributed by atoms with Gasteiger partial charge in [-0.3, -0.25) is 0 Å². The van der Waals surface area contributed by atoms with Crippen LogP contribution in [-0.2, 0) is 0 Å². The van der Waals surface area contributed by atoms with Gasteiger partial charge in [-0.05, 0) is 17.7 Å². The Labute approximate surface area is 75.3 Å². The molecular formula is C6H13N3S2. The maximum absolute atomic E-state index is 8.11. The summed E-state index contributed by atoms with van der Waals surface area (Å²) in [5, 5.41) is 4.00. The summed E-state index contributed by atoms with van der Waals surface area (Å²) < 4.78 is 0. The third-order valence-electron chi connectivity index (χ3n) is 1.29. The van der Waals surface area contributed by atoms with Crippen molar-refractivity contribution in [2.75, 3.05) is 12.8 Å². The maximum atomic E-state index is 8.11. The van der Waals surface area contributed by atoms with Gasteiger partial charge in [-0.15, -0.1) is 0 Å². The van der Waals surface area contributed by atoms with Crippen LogP contribution in [0.25, 0.3) is 10.4 Å². The zero-order valence-electron chi connectivity index (χ0n) is 7.02. The van der Waals surface area contributed by atoms with Crippen molar-refractivity contribution in [3.05, 3.63) is 10.4 Å². The van der Waals surface area contributed by atoms with Gasteiger partial charge in [0.2, 0.25) is 0 Å². The molecule has 0 heterocycles. The lowest BCUT2D eigenvalue weighted by molar-refractivity contribution is 0.615. The first-order valence-corrected chi connectivity index (χ1v) is 6.04. The summed E-state index contributed by atoms with van der Waals surface area (Å²) in [5.41, 5.74) is 8.11. The number of nitrogens with zero attached hydrogens (tertiary/aromatic N) is 3. The van der Waals surface area contributed by atoms with E-state index in [2.05, 4.69) is 23.9 Å². The first-order valence-electron chi connectivity index (χ1n) is 3.42. The van der Waals surface area contributed by atoms with Crippen molar-refractivity contribution in [3.63, 3.8) is 0 Å². The summed E-state index contributed by atoms with van der Waals surface area (Å²) in [5.74, 6) is 0.568. The van der Waals surface area contributed by atoms with Gasteiger partial charge in [0.15, 0.2) is 0 Å². The second-order valence-corrected chi connectivity index (χ2v) is 5.17. The second-order valence-electron chi connectivity index (χ2n) is 2.46. The molecule has 3 nitrogen and oxygen atoms in total. The molecule has 11 heavy (non-hydrogen) atoms. The van der Waals surface area contributed by atoms with Gasteiger partial charge >= 0.3 is 0 Å². The summed E-state index contributed by atoms with van der Waals surface area (Å²) in [7, 11) is 3.50. The van der Waals surface area contributed by atoms with Gasteiger partial charge in [0.05, 0.1) is 0 Å². The Hall–Kier alpha value is 0.01000. The molecule has 1 unspecified atom stereocenters. The highest BCUT2D eigenvalue weighted by Gasteiger charge is 2.11. The molecule has 0 aromatic carbocycles. The summed E-state index contributed by atoms with van der Waals surface area (Å²) >= 11 is 0. The van der Waals surface area contributed by atoms with Crippen LogP contribution in [0.4, 0.5) is 0 Å². The molecule has 0 bridgehead atoms. The molecule has 0 amide bonds. The second kappa shape index (κ2) is 6.70. The van der Waals surface area contributed by atoms with Gasteiger partial charge < -0.3 is 0 Å². The van der Waals surface area contributed by atoms with E-state index in [1.54, 1.807) is 21.6 Å². The highest BCUT2D eigenvalue weighted by atomic mass is 33.1. The van der Waals surface area contributed by atoms with Crippen LogP contribution in [0.15, 0.2) is 5.11 Å². The Morgan fingerprint density at radius 3 is 2.55 bits per heavy atom. The van der Waals surface area contributed by atoms with E-state index in [4.69, 9.17) is 5.53 Å².